The van der Waals surface area contributed by atoms with Gasteiger partial charge in [0.15, 0.2) is 0 Å². The first kappa shape index (κ1) is 18.2. The minimum absolute atomic E-state index is 0.0918. The number of esters is 1. The third-order valence-electron chi connectivity index (χ3n) is 3.27. The monoisotopic (exact) mass is 356 g/mol. The zero-order valence-electron chi connectivity index (χ0n) is 13.0. The van der Waals surface area contributed by atoms with Crippen LogP contribution >= 0.6 is 11.8 Å². The zero-order valence-corrected chi connectivity index (χ0v) is 13.8. The van der Waals surface area contributed by atoms with Gasteiger partial charge in [-0.25, -0.2) is 4.79 Å². The number of carbonyl (C=O) groups excluding carboxylic acids is 1. The van der Waals surface area contributed by atoms with Crippen LogP contribution in [0.4, 0.5) is 13.2 Å². The van der Waals surface area contributed by atoms with Gasteiger partial charge in [-0.3, -0.25) is 0 Å². The molecule has 2 aromatic rings. The Labute approximate surface area is 141 Å². The number of benzene rings is 2. The molecular formula is C17H15F3O3S. The van der Waals surface area contributed by atoms with E-state index in [9.17, 15) is 18.0 Å². The zero-order chi connectivity index (χ0) is 17.7. The second-order valence-electron chi connectivity index (χ2n) is 4.84. The molecule has 0 heterocycles. The minimum atomic E-state index is -4.51. The lowest BCUT2D eigenvalue weighted by Gasteiger charge is -2.12. The fraction of sp³-hybridized carbons (Fsp3) is 0.235. The Morgan fingerprint density at radius 2 is 1.75 bits per heavy atom. The molecular weight excluding hydrogens is 341 g/mol. The lowest BCUT2D eigenvalue weighted by molar-refractivity contribution is -0.137. The smallest absolute Gasteiger partial charge is 0.416 e. The molecule has 0 aliphatic heterocycles. The molecule has 0 aliphatic rings. The summed E-state index contributed by atoms with van der Waals surface area (Å²) in [5, 5.41) is 0. The maximum Gasteiger partial charge on any atom is 0.416 e. The van der Waals surface area contributed by atoms with Crippen molar-refractivity contribution in [2.24, 2.45) is 0 Å². The average molecular weight is 356 g/mol. The van der Waals surface area contributed by atoms with E-state index in [-0.39, 0.29) is 5.56 Å². The van der Waals surface area contributed by atoms with Gasteiger partial charge >= 0.3 is 12.1 Å². The van der Waals surface area contributed by atoms with Gasteiger partial charge in [0.25, 0.3) is 0 Å². The first-order chi connectivity index (χ1) is 11.3. The summed E-state index contributed by atoms with van der Waals surface area (Å²) in [5.41, 5.74) is -0.0148. The van der Waals surface area contributed by atoms with Gasteiger partial charge in [0, 0.05) is 10.6 Å². The van der Waals surface area contributed by atoms with E-state index in [4.69, 9.17) is 4.74 Å². The van der Waals surface area contributed by atoms with E-state index in [2.05, 4.69) is 4.74 Å². The van der Waals surface area contributed by atoms with Crippen LogP contribution < -0.4 is 4.74 Å². The van der Waals surface area contributed by atoms with Gasteiger partial charge in [-0.2, -0.15) is 13.2 Å². The molecule has 2 rings (SSSR count). The summed E-state index contributed by atoms with van der Waals surface area (Å²) in [6.45, 7) is 0. The molecule has 0 unspecified atom stereocenters. The molecule has 0 saturated carbocycles. The third-order valence-corrected chi connectivity index (χ3v) is 4.41. The van der Waals surface area contributed by atoms with E-state index in [0.29, 0.717) is 16.4 Å². The van der Waals surface area contributed by atoms with Crippen LogP contribution in [0.3, 0.4) is 0 Å². The summed E-state index contributed by atoms with van der Waals surface area (Å²) < 4.78 is 48.1. The van der Waals surface area contributed by atoms with Crippen molar-refractivity contribution < 1.29 is 27.4 Å². The second-order valence-corrected chi connectivity index (χ2v) is 5.85. The number of halogens is 3. The van der Waals surface area contributed by atoms with Crippen molar-refractivity contribution in [1.29, 1.82) is 0 Å². The van der Waals surface area contributed by atoms with Crippen LogP contribution in [0.25, 0.3) is 0 Å². The maximum absolute atomic E-state index is 12.8. The van der Waals surface area contributed by atoms with Crippen LogP contribution in [0.2, 0.25) is 0 Å². The third kappa shape index (κ3) is 4.44. The lowest BCUT2D eigenvalue weighted by atomic mass is 10.1. The highest BCUT2D eigenvalue weighted by Gasteiger charge is 2.32. The molecule has 3 nitrogen and oxygen atoms in total. The Hall–Kier alpha value is -2.15. The van der Waals surface area contributed by atoms with Gasteiger partial charge in [-0.1, -0.05) is 12.1 Å². The van der Waals surface area contributed by atoms with Crippen LogP contribution in [-0.4, -0.2) is 20.2 Å². The molecule has 2 aromatic carbocycles. The van der Waals surface area contributed by atoms with Gasteiger partial charge in [-0.15, -0.1) is 11.8 Å². The Morgan fingerprint density at radius 1 is 1.08 bits per heavy atom. The molecule has 128 valence electrons. The maximum atomic E-state index is 12.8. The largest absolute Gasteiger partial charge is 0.497 e. The van der Waals surface area contributed by atoms with E-state index >= 15 is 0 Å². The molecule has 0 fully saturated rings. The highest BCUT2D eigenvalue weighted by molar-refractivity contribution is 7.98. The molecule has 0 spiro atoms. The Kier molecular flexibility index (Phi) is 5.77. The van der Waals surface area contributed by atoms with Crippen LogP contribution in [0, 0.1) is 0 Å². The van der Waals surface area contributed by atoms with E-state index in [1.165, 1.54) is 17.8 Å². The first-order valence-electron chi connectivity index (χ1n) is 6.90. The SMILES string of the molecule is COC(=O)c1cc(C(F)(F)F)ccc1SCc1ccc(OC)cc1. The highest BCUT2D eigenvalue weighted by Crippen LogP contribution is 2.34. The minimum Gasteiger partial charge on any atom is -0.497 e. The van der Waals surface area contributed by atoms with Crippen LogP contribution in [-0.2, 0) is 16.7 Å². The molecule has 0 radical (unpaired) electrons. The summed E-state index contributed by atoms with van der Waals surface area (Å²) in [4.78, 5) is 12.2. The van der Waals surface area contributed by atoms with Crippen molar-refractivity contribution in [2.45, 2.75) is 16.8 Å². The molecule has 0 aromatic heterocycles. The number of alkyl halides is 3. The Morgan fingerprint density at radius 3 is 2.29 bits per heavy atom. The van der Waals surface area contributed by atoms with Crippen molar-refractivity contribution in [3.8, 4) is 5.75 Å². The summed E-state index contributed by atoms with van der Waals surface area (Å²) in [6, 6.07) is 10.4. The number of hydrogen-bond acceptors (Lipinski definition) is 4. The summed E-state index contributed by atoms with van der Waals surface area (Å²) in [6.07, 6.45) is -4.51. The van der Waals surface area contributed by atoms with Crippen LogP contribution in [0.5, 0.6) is 5.75 Å². The highest BCUT2D eigenvalue weighted by atomic mass is 32.2. The Bertz CT molecular complexity index is 712. The fourth-order valence-corrected chi connectivity index (χ4v) is 2.96. The van der Waals surface area contributed by atoms with Gasteiger partial charge in [0.05, 0.1) is 25.3 Å². The van der Waals surface area contributed by atoms with Crippen LogP contribution in [0.1, 0.15) is 21.5 Å². The molecule has 0 aliphatic carbocycles. The lowest BCUT2D eigenvalue weighted by Crippen LogP contribution is -2.09. The molecule has 0 saturated heterocycles. The quantitative estimate of drug-likeness (QED) is 0.570. The van der Waals surface area contributed by atoms with Gasteiger partial charge < -0.3 is 9.47 Å². The predicted molar refractivity (Wildman–Crippen MR) is 85.3 cm³/mol. The van der Waals surface area contributed by atoms with E-state index in [1.807, 2.05) is 12.1 Å². The molecule has 24 heavy (non-hydrogen) atoms. The number of carbonyl (C=O) groups is 1. The standard InChI is InChI=1S/C17H15F3O3S/c1-22-13-6-3-11(4-7-13)10-24-15-8-5-12(17(18,19)20)9-14(15)16(21)23-2/h3-9H,10H2,1-2H3. The topological polar surface area (TPSA) is 35.5 Å². The fourth-order valence-electron chi connectivity index (χ4n) is 1.98. The molecule has 0 N–H and O–H groups in total. The summed E-state index contributed by atoms with van der Waals surface area (Å²) >= 11 is 1.27. The summed E-state index contributed by atoms with van der Waals surface area (Å²) in [5.74, 6) is 0.422. The van der Waals surface area contributed by atoms with Gasteiger partial charge in [-0.05, 0) is 35.9 Å². The second kappa shape index (κ2) is 7.61. The van der Waals surface area contributed by atoms with E-state index < -0.39 is 17.7 Å². The number of methoxy groups -OCH3 is 2. The van der Waals surface area contributed by atoms with Crippen molar-refractivity contribution in [1.82, 2.24) is 0 Å². The van der Waals surface area contributed by atoms with Crippen molar-refractivity contribution >= 4 is 17.7 Å². The van der Waals surface area contributed by atoms with Crippen molar-refractivity contribution in [3.05, 3.63) is 59.2 Å². The van der Waals surface area contributed by atoms with Gasteiger partial charge in [0.2, 0.25) is 0 Å². The van der Waals surface area contributed by atoms with E-state index in [0.717, 1.165) is 24.8 Å². The average Bonchev–Trinajstić information content (AvgIpc) is 2.58. The number of hydrogen-bond donors (Lipinski definition) is 0. The number of rotatable bonds is 5. The normalized spacial score (nSPS) is 11.2. The van der Waals surface area contributed by atoms with Gasteiger partial charge in [0.1, 0.15) is 5.75 Å². The molecule has 0 bridgehead atoms. The van der Waals surface area contributed by atoms with E-state index in [1.54, 1.807) is 19.2 Å². The molecule has 0 atom stereocenters. The predicted octanol–water partition coefficient (Wildman–Crippen LogP) is 4.79. The van der Waals surface area contributed by atoms with Crippen molar-refractivity contribution in [3.63, 3.8) is 0 Å². The molecule has 0 amide bonds. The first-order valence-corrected chi connectivity index (χ1v) is 7.89. The number of thioether (sulfide) groups is 1. The van der Waals surface area contributed by atoms with Crippen LogP contribution in [0.15, 0.2) is 47.4 Å². The summed E-state index contributed by atoms with van der Waals surface area (Å²) in [7, 11) is 2.70. The Balaban J connectivity index is 2.23. The molecule has 7 heteroatoms. The van der Waals surface area contributed by atoms with Crippen molar-refractivity contribution in [2.75, 3.05) is 14.2 Å². The number of ether oxygens (including phenoxy) is 2.